The van der Waals surface area contributed by atoms with Gasteiger partial charge in [0, 0.05) is 44.0 Å². The summed E-state index contributed by atoms with van der Waals surface area (Å²) in [5.74, 6) is -0.167. The second-order valence-electron chi connectivity index (χ2n) is 6.75. The van der Waals surface area contributed by atoms with Crippen LogP contribution in [0.25, 0.3) is 0 Å². The van der Waals surface area contributed by atoms with E-state index in [0.717, 1.165) is 36.3 Å². The first-order valence-corrected chi connectivity index (χ1v) is 9.18. The van der Waals surface area contributed by atoms with Gasteiger partial charge in [0.15, 0.2) is 0 Å². The summed E-state index contributed by atoms with van der Waals surface area (Å²) >= 11 is 0. The molecule has 1 fully saturated rings. The Balaban J connectivity index is 1.57. The molecule has 0 spiro atoms. The van der Waals surface area contributed by atoms with Crippen LogP contribution in [0.15, 0.2) is 42.5 Å². The molecule has 0 atom stereocenters. The summed E-state index contributed by atoms with van der Waals surface area (Å²) in [7, 11) is 0. The molecule has 1 N–H and O–H groups in total. The Morgan fingerprint density at radius 1 is 1.04 bits per heavy atom. The van der Waals surface area contributed by atoms with Gasteiger partial charge < -0.3 is 10.2 Å². The lowest BCUT2D eigenvalue weighted by Crippen LogP contribution is -2.49. The van der Waals surface area contributed by atoms with Gasteiger partial charge in [0.05, 0.1) is 0 Å². The molecule has 1 aliphatic rings. The number of aryl methyl sites for hydroxylation is 2. The Kier molecular flexibility index (Phi) is 5.89. The number of piperazine rings is 1. The van der Waals surface area contributed by atoms with E-state index >= 15 is 0 Å². The number of carbonyl (C=O) groups excluding carboxylic acids is 1. The van der Waals surface area contributed by atoms with E-state index in [-0.39, 0.29) is 11.8 Å². The van der Waals surface area contributed by atoms with Crippen LogP contribution in [0.4, 0.5) is 14.9 Å². The molecule has 0 aliphatic carbocycles. The van der Waals surface area contributed by atoms with E-state index in [2.05, 4.69) is 23.2 Å². The number of urea groups is 1. The van der Waals surface area contributed by atoms with E-state index in [9.17, 15) is 9.18 Å². The van der Waals surface area contributed by atoms with Crippen LogP contribution in [0.1, 0.15) is 23.6 Å². The average Bonchev–Trinajstić information content (AvgIpc) is 2.65. The highest BCUT2D eigenvalue weighted by Gasteiger charge is 2.22. The topological polar surface area (TPSA) is 35.6 Å². The number of anilines is 1. The zero-order chi connectivity index (χ0) is 18.5. The quantitative estimate of drug-likeness (QED) is 0.898. The van der Waals surface area contributed by atoms with Gasteiger partial charge in [-0.15, -0.1) is 0 Å². The largest absolute Gasteiger partial charge is 0.322 e. The van der Waals surface area contributed by atoms with E-state index in [4.69, 9.17) is 0 Å². The van der Waals surface area contributed by atoms with Crippen LogP contribution in [0.2, 0.25) is 0 Å². The fraction of sp³-hybridized carbons (Fsp3) is 0.381. The number of nitrogens with one attached hydrogen (secondary N) is 1. The molecule has 26 heavy (non-hydrogen) atoms. The molecule has 2 aromatic rings. The first-order chi connectivity index (χ1) is 12.6. The number of nitrogens with zero attached hydrogens (tertiary/aromatic N) is 2. The maximum Gasteiger partial charge on any atom is 0.321 e. The van der Waals surface area contributed by atoms with Gasteiger partial charge in [0.2, 0.25) is 0 Å². The average molecular weight is 355 g/mol. The molecule has 1 saturated heterocycles. The third-order valence-electron chi connectivity index (χ3n) is 4.98. The summed E-state index contributed by atoms with van der Waals surface area (Å²) in [5, 5.41) is 3.08. The van der Waals surface area contributed by atoms with Crippen LogP contribution < -0.4 is 5.32 Å². The highest BCUT2D eigenvalue weighted by molar-refractivity contribution is 5.91. The van der Waals surface area contributed by atoms with E-state index in [1.165, 1.54) is 6.07 Å². The molecule has 4 nitrogen and oxygen atoms in total. The van der Waals surface area contributed by atoms with Gasteiger partial charge in [-0.25, -0.2) is 9.18 Å². The fourth-order valence-electron chi connectivity index (χ4n) is 3.36. The lowest BCUT2D eigenvalue weighted by atomic mass is 10.1. The predicted molar refractivity (Wildman–Crippen MR) is 103 cm³/mol. The second kappa shape index (κ2) is 8.32. The number of carbonyl (C=O) groups is 1. The molecule has 0 unspecified atom stereocenters. The highest BCUT2D eigenvalue weighted by Crippen LogP contribution is 2.22. The third-order valence-corrected chi connectivity index (χ3v) is 4.98. The minimum atomic E-state index is -0.167. The number of halogens is 1. The number of para-hydroxylation sites is 1. The van der Waals surface area contributed by atoms with E-state index < -0.39 is 0 Å². The summed E-state index contributed by atoms with van der Waals surface area (Å²) in [6, 6.07) is 12.9. The molecule has 0 saturated carbocycles. The van der Waals surface area contributed by atoms with Crippen molar-refractivity contribution in [3.8, 4) is 0 Å². The van der Waals surface area contributed by atoms with Gasteiger partial charge in [0.25, 0.3) is 0 Å². The third kappa shape index (κ3) is 4.22. The van der Waals surface area contributed by atoms with Gasteiger partial charge in [-0.05, 0) is 30.5 Å². The predicted octanol–water partition coefficient (Wildman–Crippen LogP) is 4.05. The number of hydrogen-bond donors (Lipinski definition) is 1. The number of benzene rings is 2. The monoisotopic (exact) mass is 355 g/mol. The van der Waals surface area contributed by atoms with Crippen LogP contribution in [0.3, 0.4) is 0 Å². The van der Waals surface area contributed by atoms with Crippen molar-refractivity contribution in [1.82, 2.24) is 9.80 Å². The number of hydrogen-bond acceptors (Lipinski definition) is 2. The Morgan fingerprint density at radius 2 is 1.73 bits per heavy atom. The normalized spacial score (nSPS) is 15.1. The van der Waals surface area contributed by atoms with Crippen LogP contribution >= 0.6 is 0 Å². The molecular formula is C21H26FN3O. The zero-order valence-corrected chi connectivity index (χ0v) is 15.5. The number of rotatable bonds is 4. The van der Waals surface area contributed by atoms with Gasteiger partial charge in [0.1, 0.15) is 5.82 Å². The minimum absolute atomic E-state index is 0.0560. The first kappa shape index (κ1) is 18.4. The molecular weight excluding hydrogens is 329 g/mol. The molecule has 0 bridgehead atoms. The van der Waals surface area contributed by atoms with Gasteiger partial charge in [-0.1, -0.05) is 43.3 Å². The summed E-state index contributed by atoms with van der Waals surface area (Å²) in [5.41, 5.74) is 3.86. The Hall–Kier alpha value is -2.40. The Labute approximate surface area is 154 Å². The maximum atomic E-state index is 13.8. The zero-order valence-electron chi connectivity index (χ0n) is 15.5. The molecule has 3 rings (SSSR count). The fourth-order valence-corrected chi connectivity index (χ4v) is 3.36. The van der Waals surface area contributed by atoms with Crippen molar-refractivity contribution >= 4 is 11.7 Å². The van der Waals surface area contributed by atoms with Gasteiger partial charge in [-0.3, -0.25) is 4.90 Å². The summed E-state index contributed by atoms with van der Waals surface area (Å²) < 4.78 is 13.8. The molecule has 1 aliphatic heterocycles. The lowest BCUT2D eigenvalue weighted by molar-refractivity contribution is 0.142. The van der Waals surface area contributed by atoms with Crippen molar-refractivity contribution in [2.75, 3.05) is 31.5 Å². The molecule has 138 valence electrons. The smallest absolute Gasteiger partial charge is 0.321 e. The standard InChI is InChI=1S/C21H26FN3O/c1-3-17-9-6-7-16(2)20(17)23-21(26)25-13-11-24(12-14-25)15-18-8-4-5-10-19(18)22/h4-10H,3,11-15H2,1-2H3,(H,23,26). The van der Waals surface area contributed by atoms with Crippen LogP contribution in [-0.4, -0.2) is 42.0 Å². The lowest BCUT2D eigenvalue weighted by Gasteiger charge is -2.35. The molecule has 1 heterocycles. The summed E-state index contributed by atoms with van der Waals surface area (Å²) in [6.07, 6.45) is 0.883. The van der Waals surface area contributed by atoms with E-state index in [1.807, 2.05) is 36.1 Å². The van der Waals surface area contributed by atoms with Crippen molar-refractivity contribution in [3.05, 3.63) is 65.0 Å². The van der Waals surface area contributed by atoms with Crippen LogP contribution in [0.5, 0.6) is 0 Å². The van der Waals surface area contributed by atoms with Crippen LogP contribution in [0, 0.1) is 12.7 Å². The van der Waals surface area contributed by atoms with Crippen molar-refractivity contribution in [2.45, 2.75) is 26.8 Å². The van der Waals surface area contributed by atoms with Crippen molar-refractivity contribution in [2.24, 2.45) is 0 Å². The van der Waals surface area contributed by atoms with Crippen molar-refractivity contribution in [3.63, 3.8) is 0 Å². The maximum absolute atomic E-state index is 13.8. The van der Waals surface area contributed by atoms with Gasteiger partial charge in [-0.2, -0.15) is 0 Å². The van der Waals surface area contributed by atoms with E-state index in [0.29, 0.717) is 25.2 Å². The SMILES string of the molecule is CCc1cccc(C)c1NC(=O)N1CCN(Cc2ccccc2F)CC1. The minimum Gasteiger partial charge on any atom is -0.322 e. The van der Waals surface area contributed by atoms with Crippen molar-refractivity contribution in [1.29, 1.82) is 0 Å². The molecule has 0 radical (unpaired) electrons. The second-order valence-corrected chi connectivity index (χ2v) is 6.75. The summed E-state index contributed by atoms with van der Waals surface area (Å²) in [4.78, 5) is 16.7. The molecule has 0 aromatic heterocycles. The Bertz CT molecular complexity index is 770. The molecule has 2 amide bonds. The highest BCUT2D eigenvalue weighted by atomic mass is 19.1. The number of amides is 2. The first-order valence-electron chi connectivity index (χ1n) is 9.18. The van der Waals surface area contributed by atoms with Crippen molar-refractivity contribution < 1.29 is 9.18 Å². The summed E-state index contributed by atoms with van der Waals surface area (Å²) in [6.45, 7) is 7.47. The Morgan fingerprint density at radius 3 is 2.42 bits per heavy atom. The van der Waals surface area contributed by atoms with Crippen LogP contribution in [-0.2, 0) is 13.0 Å². The van der Waals surface area contributed by atoms with E-state index in [1.54, 1.807) is 6.07 Å². The molecule has 5 heteroatoms. The van der Waals surface area contributed by atoms with Gasteiger partial charge >= 0.3 is 6.03 Å². The molecule has 2 aromatic carbocycles.